The summed E-state index contributed by atoms with van der Waals surface area (Å²) in [6.45, 7) is 0. The zero-order valence-electron chi connectivity index (χ0n) is 10.9. The van der Waals surface area contributed by atoms with Gasteiger partial charge in [0.25, 0.3) is 5.69 Å². The summed E-state index contributed by atoms with van der Waals surface area (Å²) >= 11 is 0. The molecule has 2 aromatic carbocycles. The number of carbonyl (C=O) groups is 1. The highest BCUT2D eigenvalue weighted by Crippen LogP contribution is 2.31. The van der Waals surface area contributed by atoms with E-state index >= 15 is 0 Å². The van der Waals surface area contributed by atoms with E-state index < -0.39 is 22.1 Å². The predicted molar refractivity (Wildman–Crippen MR) is 74.0 cm³/mol. The SMILES string of the molecule is O=C(O)c1ccc(N=Nc2ccc(O)c(O)c2)cc1[N+](=O)[O-]. The minimum atomic E-state index is -1.42. The molecule has 9 heteroatoms. The summed E-state index contributed by atoms with van der Waals surface area (Å²) in [5.74, 6) is -2.12. The molecular weight excluding hydrogens is 294 g/mol. The average Bonchev–Trinajstić information content (AvgIpc) is 2.48. The third-order valence-electron chi connectivity index (χ3n) is 2.65. The fraction of sp³-hybridized carbons (Fsp3) is 0. The third-order valence-corrected chi connectivity index (χ3v) is 2.65. The Labute approximate surface area is 122 Å². The number of aromatic carboxylic acids is 1. The second kappa shape index (κ2) is 5.87. The zero-order valence-corrected chi connectivity index (χ0v) is 10.9. The first-order chi connectivity index (χ1) is 10.4. The van der Waals surface area contributed by atoms with Crippen LogP contribution in [0.15, 0.2) is 46.6 Å². The van der Waals surface area contributed by atoms with Gasteiger partial charge in [-0.3, -0.25) is 10.1 Å². The van der Waals surface area contributed by atoms with Gasteiger partial charge < -0.3 is 15.3 Å². The monoisotopic (exact) mass is 303 g/mol. The van der Waals surface area contributed by atoms with Crippen molar-refractivity contribution in [1.82, 2.24) is 0 Å². The Bertz CT molecular complexity index is 787. The second-order valence-electron chi connectivity index (χ2n) is 4.14. The van der Waals surface area contributed by atoms with Gasteiger partial charge in [0.05, 0.1) is 16.3 Å². The van der Waals surface area contributed by atoms with E-state index in [0.717, 1.165) is 18.2 Å². The van der Waals surface area contributed by atoms with Gasteiger partial charge >= 0.3 is 5.97 Å². The van der Waals surface area contributed by atoms with Crippen molar-refractivity contribution >= 4 is 23.0 Å². The van der Waals surface area contributed by atoms with Crippen molar-refractivity contribution < 1.29 is 25.0 Å². The smallest absolute Gasteiger partial charge is 0.342 e. The van der Waals surface area contributed by atoms with Gasteiger partial charge in [-0.25, -0.2) is 4.79 Å². The average molecular weight is 303 g/mol. The van der Waals surface area contributed by atoms with Crippen LogP contribution in [0.5, 0.6) is 11.5 Å². The molecule has 0 heterocycles. The van der Waals surface area contributed by atoms with Crippen LogP contribution in [-0.2, 0) is 0 Å². The summed E-state index contributed by atoms with van der Waals surface area (Å²) < 4.78 is 0. The Morgan fingerprint density at radius 1 is 1.00 bits per heavy atom. The van der Waals surface area contributed by atoms with E-state index in [9.17, 15) is 20.0 Å². The number of aromatic hydroxyl groups is 2. The largest absolute Gasteiger partial charge is 0.504 e. The van der Waals surface area contributed by atoms with Crippen molar-refractivity contribution in [3.63, 3.8) is 0 Å². The molecule has 0 spiro atoms. The molecule has 0 aliphatic carbocycles. The molecule has 0 saturated carbocycles. The van der Waals surface area contributed by atoms with Crippen molar-refractivity contribution in [2.75, 3.05) is 0 Å². The Kier molecular flexibility index (Phi) is 3.98. The number of hydrogen-bond donors (Lipinski definition) is 3. The Morgan fingerprint density at radius 3 is 2.14 bits per heavy atom. The molecular formula is C13H9N3O6. The fourth-order valence-corrected chi connectivity index (χ4v) is 1.60. The number of hydrogen-bond acceptors (Lipinski definition) is 7. The molecule has 2 aromatic rings. The lowest BCUT2D eigenvalue weighted by molar-refractivity contribution is -0.385. The summed E-state index contributed by atoms with van der Waals surface area (Å²) in [5, 5.41) is 45.6. The van der Waals surface area contributed by atoms with E-state index in [0.29, 0.717) is 0 Å². The van der Waals surface area contributed by atoms with Crippen LogP contribution < -0.4 is 0 Å². The lowest BCUT2D eigenvalue weighted by atomic mass is 10.1. The summed E-state index contributed by atoms with van der Waals surface area (Å²) in [5.41, 5.74) is -0.770. The number of nitrogens with zero attached hydrogens (tertiary/aromatic N) is 3. The summed E-state index contributed by atoms with van der Waals surface area (Å²) in [6, 6.07) is 7.04. The molecule has 112 valence electrons. The Morgan fingerprint density at radius 2 is 1.59 bits per heavy atom. The van der Waals surface area contributed by atoms with Crippen LogP contribution in [0.2, 0.25) is 0 Å². The maximum absolute atomic E-state index is 10.9. The minimum absolute atomic E-state index is 0.0734. The fourth-order valence-electron chi connectivity index (χ4n) is 1.60. The minimum Gasteiger partial charge on any atom is -0.504 e. The lowest BCUT2D eigenvalue weighted by Gasteiger charge is -1.99. The number of nitro benzene ring substituents is 1. The van der Waals surface area contributed by atoms with E-state index in [2.05, 4.69) is 10.2 Å². The quantitative estimate of drug-likeness (QED) is 0.342. The highest BCUT2D eigenvalue weighted by Gasteiger charge is 2.20. The Balaban J connectivity index is 2.35. The molecule has 9 nitrogen and oxygen atoms in total. The topological polar surface area (TPSA) is 146 Å². The zero-order chi connectivity index (χ0) is 16.3. The molecule has 3 N–H and O–H groups in total. The molecule has 0 unspecified atom stereocenters. The van der Waals surface area contributed by atoms with Gasteiger partial charge in [-0.1, -0.05) is 0 Å². The van der Waals surface area contributed by atoms with Crippen molar-refractivity contribution in [3.05, 3.63) is 52.1 Å². The molecule has 0 aliphatic rings. The maximum Gasteiger partial charge on any atom is 0.342 e. The second-order valence-corrected chi connectivity index (χ2v) is 4.14. The van der Waals surface area contributed by atoms with Gasteiger partial charge in [-0.05, 0) is 24.3 Å². The molecule has 0 saturated heterocycles. The van der Waals surface area contributed by atoms with E-state index in [4.69, 9.17) is 10.2 Å². The van der Waals surface area contributed by atoms with E-state index in [-0.39, 0.29) is 22.9 Å². The number of benzene rings is 2. The number of phenols is 2. The molecule has 0 aliphatic heterocycles. The number of carboxylic acid groups (broad SMARTS) is 1. The first-order valence-corrected chi connectivity index (χ1v) is 5.84. The van der Waals surface area contributed by atoms with Crippen LogP contribution in [0, 0.1) is 10.1 Å². The number of rotatable bonds is 4. The van der Waals surface area contributed by atoms with Gasteiger partial charge in [0.1, 0.15) is 5.56 Å². The van der Waals surface area contributed by atoms with Gasteiger partial charge in [0, 0.05) is 12.1 Å². The van der Waals surface area contributed by atoms with Gasteiger partial charge in [-0.15, -0.1) is 0 Å². The van der Waals surface area contributed by atoms with Crippen LogP contribution in [0.25, 0.3) is 0 Å². The molecule has 2 rings (SSSR count). The number of carboxylic acids is 1. The Hall–Kier alpha value is -3.49. The van der Waals surface area contributed by atoms with Crippen LogP contribution in [0.3, 0.4) is 0 Å². The molecule has 0 atom stereocenters. The van der Waals surface area contributed by atoms with E-state index in [1.165, 1.54) is 18.2 Å². The first kappa shape index (κ1) is 14.9. The van der Waals surface area contributed by atoms with E-state index in [1.54, 1.807) is 0 Å². The predicted octanol–water partition coefficient (Wildman–Crippen LogP) is 3.12. The standard InChI is InChI=1S/C13H9N3O6/c17-11-4-2-8(6-12(11)18)15-14-7-1-3-9(13(19)20)10(5-7)16(21)22/h1-6,17-18H,(H,19,20). The summed E-state index contributed by atoms with van der Waals surface area (Å²) in [6.07, 6.45) is 0. The molecule has 0 radical (unpaired) electrons. The number of azo groups is 1. The van der Waals surface area contributed by atoms with Crippen molar-refractivity contribution in [3.8, 4) is 11.5 Å². The molecule has 0 fully saturated rings. The lowest BCUT2D eigenvalue weighted by Crippen LogP contribution is -2.01. The van der Waals surface area contributed by atoms with Gasteiger partial charge in [-0.2, -0.15) is 10.2 Å². The summed E-state index contributed by atoms with van der Waals surface area (Å²) in [7, 11) is 0. The van der Waals surface area contributed by atoms with Crippen LogP contribution in [-0.4, -0.2) is 26.2 Å². The van der Waals surface area contributed by atoms with Gasteiger partial charge in [0.2, 0.25) is 0 Å². The van der Waals surface area contributed by atoms with Crippen molar-refractivity contribution in [2.45, 2.75) is 0 Å². The number of nitro groups is 1. The first-order valence-electron chi connectivity index (χ1n) is 5.84. The van der Waals surface area contributed by atoms with E-state index in [1.807, 2.05) is 0 Å². The third kappa shape index (κ3) is 3.15. The number of phenolic OH excluding ortho intramolecular Hbond substituents is 2. The maximum atomic E-state index is 10.9. The van der Waals surface area contributed by atoms with Crippen molar-refractivity contribution in [1.29, 1.82) is 0 Å². The molecule has 22 heavy (non-hydrogen) atoms. The molecule has 0 bridgehead atoms. The van der Waals surface area contributed by atoms with Crippen LogP contribution >= 0.6 is 0 Å². The highest BCUT2D eigenvalue weighted by atomic mass is 16.6. The molecule has 0 aromatic heterocycles. The van der Waals surface area contributed by atoms with Crippen molar-refractivity contribution in [2.24, 2.45) is 10.2 Å². The van der Waals surface area contributed by atoms with Crippen LogP contribution in [0.1, 0.15) is 10.4 Å². The van der Waals surface area contributed by atoms with Gasteiger partial charge in [0.15, 0.2) is 11.5 Å². The van der Waals surface area contributed by atoms with Crippen LogP contribution in [0.4, 0.5) is 17.1 Å². The highest BCUT2D eigenvalue weighted by molar-refractivity contribution is 5.93. The summed E-state index contributed by atoms with van der Waals surface area (Å²) in [4.78, 5) is 20.9. The molecule has 0 amide bonds. The normalized spacial score (nSPS) is 10.7.